The molecule has 0 aromatic rings. The molecule has 3 unspecified atom stereocenters. The third kappa shape index (κ3) is 2.67. The van der Waals surface area contributed by atoms with Crippen molar-refractivity contribution in [3.05, 3.63) is 0 Å². The molecule has 1 amide bonds. The zero-order valence-corrected chi connectivity index (χ0v) is 8.62. The number of ether oxygens (including phenoxy) is 1. The first-order valence-electron chi connectivity index (χ1n) is 4.85. The topological polar surface area (TPSA) is 70.6 Å². The highest BCUT2D eigenvalue weighted by Crippen LogP contribution is 2.13. The Balaban J connectivity index is 2.43. The minimum absolute atomic E-state index is 0.0382. The summed E-state index contributed by atoms with van der Waals surface area (Å²) >= 11 is 0. The number of carbonyl (C=O) groups is 1. The molecule has 1 fully saturated rings. The Hall–Kier alpha value is -0.650. The molecule has 5 nitrogen and oxygen atoms in total. The Morgan fingerprint density at radius 3 is 2.93 bits per heavy atom. The molecule has 3 N–H and O–H groups in total. The summed E-state index contributed by atoms with van der Waals surface area (Å²) in [5, 5.41) is 14.6. The predicted octanol–water partition coefficient (Wildman–Crippen LogP) is -1.28. The zero-order chi connectivity index (χ0) is 10.6. The van der Waals surface area contributed by atoms with Crippen LogP contribution >= 0.6 is 0 Å². The van der Waals surface area contributed by atoms with Crippen LogP contribution in [0.3, 0.4) is 0 Å². The molecule has 82 valence electrons. The smallest absolute Gasteiger partial charge is 0.227 e. The van der Waals surface area contributed by atoms with Gasteiger partial charge in [0.2, 0.25) is 5.91 Å². The van der Waals surface area contributed by atoms with Crippen molar-refractivity contribution in [2.75, 3.05) is 26.9 Å². The maximum Gasteiger partial charge on any atom is 0.227 e. The van der Waals surface area contributed by atoms with Gasteiger partial charge in [0.15, 0.2) is 0 Å². The SMILES string of the molecule is CNC1COCC1C(=O)NC(C)CO. The van der Waals surface area contributed by atoms with E-state index in [1.54, 1.807) is 6.92 Å². The Bertz CT molecular complexity index is 198. The quantitative estimate of drug-likeness (QED) is 0.531. The normalized spacial score (nSPS) is 28.8. The fourth-order valence-corrected chi connectivity index (χ4v) is 1.49. The number of hydrogen-bond donors (Lipinski definition) is 3. The average molecular weight is 202 g/mol. The molecule has 1 aliphatic heterocycles. The lowest BCUT2D eigenvalue weighted by Crippen LogP contribution is -2.46. The van der Waals surface area contributed by atoms with Crippen LogP contribution in [0.2, 0.25) is 0 Å². The molecule has 0 saturated carbocycles. The Kier molecular flexibility index (Phi) is 4.31. The minimum atomic E-state index is -0.194. The summed E-state index contributed by atoms with van der Waals surface area (Å²) in [6.07, 6.45) is 0. The van der Waals surface area contributed by atoms with Crippen LogP contribution < -0.4 is 10.6 Å². The molecule has 1 rings (SSSR count). The largest absolute Gasteiger partial charge is 0.394 e. The maximum atomic E-state index is 11.6. The number of aliphatic hydroxyl groups is 1. The van der Waals surface area contributed by atoms with E-state index in [2.05, 4.69) is 10.6 Å². The van der Waals surface area contributed by atoms with E-state index in [1.807, 2.05) is 7.05 Å². The summed E-state index contributed by atoms with van der Waals surface area (Å²) in [6, 6.07) is -0.110. The molecular formula is C9H18N2O3. The highest BCUT2D eigenvalue weighted by molar-refractivity contribution is 5.80. The minimum Gasteiger partial charge on any atom is -0.394 e. The van der Waals surface area contributed by atoms with E-state index in [0.29, 0.717) is 13.2 Å². The lowest BCUT2D eigenvalue weighted by molar-refractivity contribution is -0.126. The highest BCUT2D eigenvalue weighted by Gasteiger charge is 2.33. The Morgan fingerprint density at radius 1 is 1.64 bits per heavy atom. The van der Waals surface area contributed by atoms with Gasteiger partial charge in [-0.2, -0.15) is 0 Å². The summed E-state index contributed by atoms with van der Waals surface area (Å²) < 4.78 is 5.21. The molecular weight excluding hydrogens is 184 g/mol. The van der Waals surface area contributed by atoms with Crippen LogP contribution in [0, 0.1) is 5.92 Å². The van der Waals surface area contributed by atoms with Crippen molar-refractivity contribution in [2.24, 2.45) is 5.92 Å². The van der Waals surface area contributed by atoms with Gasteiger partial charge >= 0.3 is 0 Å². The third-order valence-corrected chi connectivity index (χ3v) is 2.45. The van der Waals surface area contributed by atoms with Gasteiger partial charge < -0.3 is 20.5 Å². The number of aliphatic hydroxyl groups excluding tert-OH is 1. The molecule has 1 aliphatic rings. The first kappa shape index (κ1) is 11.4. The van der Waals surface area contributed by atoms with E-state index in [4.69, 9.17) is 9.84 Å². The van der Waals surface area contributed by atoms with Gasteiger partial charge in [0, 0.05) is 12.1 Å². The third-order valence-electron chi connectivity index (χ3n) is 2.45. The van der Waals surface area contributed by atoms with Crippen LogP contribution in [0.1, 0.15) is 6.92 Å². The second-order valence-corrected chi connectivity index (χ2v) is 3.63. The summed E-state index contributed by atoms with van der Waals surface area (Å²) in [5.41, 5.74) is 0. The number of nitrogens with one attached hydrogen (secondary N) is 2. The van der Waals surface area contributed by atoms with Crippen LogP contribution in [0.25, 0.3) is 0 Å². The van der Waals surface area contributed by atoms with Crippen molar-refractivity contribution in [1.29, 1.82) is 0 Å². The van der Waals surface area contributed by atoms with Crippen LogP contribution in [-0.2, 0) is 9.53 Å². The van der Waals surface area contributed by atoms with Crippen LogP contribution in [0.15, 0.2) is 0 Å². The van der Waals surface area contributed by atoms with Gasteiger partial charge in [-0.15, -0.1) is 0 Å². The zero-order valence-electron chi connectivity index (χ0n) is 8.62. The van der Waals surface area contributed by atoms with E-state index < -0.39 is 0 Å². The monoisotopic (exact) mass is 202 g/mol. The van der Waals surface area contributed by atoms with Crippen molar-refractivity contribution in [1.82, 2.24) is 10.6 Å². The fraction of sp³-hybridized carbons (Fsp3) is 0.889. The van der Waals surface area contributed by atoms with Crippen LogP contribution in [0.5, 0.6) is 0 Å². The summed E-state index contributed by atoms with van der Waals surface area (Å²) in [4.78, 5) is 11.6. The molecule has 3 atom stereocenters. The molecule has 0 aliphatic carbocycles. The highest BCUT2D eigenvalue weighted by atomic mass is 16.5. The fourth-order valence-electron chi connectivity index (χ4n) is 1.49. The van der Waals surface area contributed by atoms with E-state index in [0.717, 1.165) is 0 Å². The molecule has 0 aromatic heterocycles. The first-order valence-corrected chi connectivity index (χ1v) is 4.85. The second-order valence-electron chi connectivity index (χ2n) is 3.63. The molecule has 14 heavy (non-hydrogen) atoms. The predicted molar refractivity (Wildman–Crippen MR) is 51.8 cm³/mol. The maximum absolute atomic E-state index is 11.6. The van der Waals surface area contributed by atoms with E-state index in [1.165, 1.54) is 0 Å². The number of likely N-dealkylation sites (N-methyl/N-ethyl adjacent to an activating group) is 1. The first-order chi connectivity index (χ1) is 6.69. The van der Waals surface area contributed by atoms with Crippen molar-refractivity contribution in [3.8, 4) is 0 Å². The Labute approximate surface area is 83.8 Å². The summed E-state index contributed by atoms with van der Waals surface area (Å²) in [7, 11) is 1.81. The van der Waals surface area contributed by atoms with E-state index in [-0.39, 0.29) is 30.5 Å². The van der Waals surface area contributed by atoms with Crippen LogP contribution in [0.4, 0.5) is 0 Å². The summed E-state index contributed by atoms with van der Waals surface area (Å²) in [6.45, 7) is 2.75. The number of amides is 1. The molecule has 5 heteroatoms. The Morgan fingerprint density at radius 2 is 2.36 bits per heavy atom. The molecule has 1 heterocycles. The van der Waals surface area contributed by atoms with Crippen molar-refractivity contribution in [2.45, 2.75) is 19.0 Å². The van der Waals surface area contributed by atoms with Gasteiger partial charge in [0.05, 0.1) is 25.7 Å². The van der Waals surface area contributed by atoms with Crippen molar-refractivity contribution < 1.29 is 14.6 Å². The molecule has 0 bridgehead atoms. The lowest BCUT2D eigenvalue weighted by atomic mass is 10.0. The van der Waals surface area contributed by atoms with Gasteiger partial charge in [-0.25, -0.2) is 0 Å². The molecule has 1 saturated heterocycles. The van der Waals surface area contributed by atoms with Crippen molar-refractivity contribution in [3.63, 3.8) is 0 Å². The number of hydrogen-bond acceptors (Lipinski definition) is 4. The van der Waals surface area contributed by atoms with Gasteiger partial charge in [0.1, 0.15) is 0 Å². The molecule has 0 radical (unpaired) electrons. The van der Waals surface area contributed by atoms with Gasteiger partial charge in [0.25, 0.3) is 0 Å². The van der Waals surface area contributed by atoms with Gasteiger partial charge in [-0.05, 0) is 14.0 Å². The van der Waals surface area contributed by atoms with Crippen molar-refractivity contribution >= 4 is 5.91 Å². The van der Waals surface area contributed by atoms with E-state index >= 15 is 0 Å². The van der Waals surface area contributed by atoms with Gasteiger partial charge in [-0.1, -0.05) is 0 Å². The average Bonchev–Trinajstić information content (AvgIpc) is 2.65. The lowest BCUT2D eigenvalue weighted by Gasteiger charge is -2.18. The number of rotatable bonds is 4. The van der Waals surface area contributed by atoms with E-state index in [9.17, 15) is 4.79 Å². The molecule has 0 aromatic carbocycles. The molecule has 0 spiro atoms. The van der Waals surface area contributed by atoms with Crippen LogP contribution in [-0.4, -0.2) is 50.0 Å². The number of carbonyl (C=O) groups excluding carboxylic acids is 1. The standard InChI is InChI=1S/C9H18N2O3/c1-6(3-12)11-9(13)7-4-14-5-8(7)10-2/h6-8,10,12H,3-5H2,1-2H3,(H,11,13). The summed E-state index contributed by atoms with van der Waals surface area (Å²) in [5.74, 6) is -0.197. The second kappa shape index (κ2) is 5.29. The van der Waals surface area contributed by atoms with Gasteiger partial charge in [-0.3, -0.25) is 4.79 Å².